The van der Waals surface area contributed by atoms with E-state index < -0.39 is 30.9 Å². The highest BCUT2D eigenvalue weighted by Gasteiger charge is 2.47. The first-order chi connectivity index (χ1) is 10.1. The summed E-state index contributed by atoms with van der Waals surface area (Å²) >= 11 is 0. The van der Waals surface area contributed by atoms with Gasteiger partial charge in [0.1, 0.15) is 0 Å². The SMILES string of the molecule is CCOC(CC)OC(=O)COC(=O)C1CC2C=CC1C2O. The number of carbonyl (C=O) groups excluding carboxylic acids is 2. The molecule has 2 aliphatic carbocycles. The van der Waals surface area contributed by atoms with E-state index in [1.807, 2.05) is 26.0 Å². The molecule has 2 aliphatic rings. The Hall–Kier alpha value is -1.40. The molecule has 1 fully saturated rings. The Balaban J connectivity index is 1.74. The van der Waals surface area contributed by atoms with Crippen LogP contribution < -0.4 is 0 Å². The first-order valence-electron chi connectivity index (χ1n) is 7.40. The van der Waals surface area contributed by atoms with Crippen molar-refractivity contribution >= 4 is 11.9 Å². The highest BCUT2D eigenvalue weighted by Crippen LogP contribution is 2.44. The van der Waals surface area contributed by atoms with E-state index in [2.05, 4.69) is 0 Å². The fraction of sp³-hybridized carbons (Fsp3) is 0.733. The first kappa shape index (κ1) is 16.0. The molecule has 0 aliphatic heterocycles. The Labute approximate surface area is 124 Å². The Kier molecular flexibility index (Phi) is 5.36. The Morgan fingerprint density at radius 2 is 2.10 bits per heavy atom. The van der Waals surface area contributed by atoms with Gasteiger partial charge in [-0.2, -0.15) is 0 Å². The maximum Gasteiger partial charge on any atom is 0.346 e. The quantitative estimate of drug-likeness (QED) is 0.429. The van der Waals surface area contributed by atoms with Crippen LogP contribution in [0.2, 0.25) is 0 Å². The van der Waals surface area contributed by atoms with Crippen molar-refractivity contribution in [2.45, 2.75) is 39.1 Å². The van der Waals surface area contributed by atoms with Gasteiger partial charge in [0.05, 0.1) is 12.0 Å². The second kappa shape index (κ2) is 7.04. The molecule has 0 amide bonds. The number of hydrogen-bond acceptors (Lipinski definition) is 6. The number of ether oxygens (including phenoxy) is 3. The fourth-order valence-corrected chi connectivity index (χ4v) is 2.92. The molecule has 0 aromatic heterocycles. The molecule has 2 rings (SSSR count). The number of aliphatic hydroxyl groups excluding tert-OH is 1. The number of fused-ring (bicyclic) bond motifs is 2. The molecule has 118 valence electrons. The van der Waals surface area contributed by atoms with Crippen LogP contribution >= 0.6 is 0 Å². The molecule has 0 spiro atoms. The Morgan fingerprint density at radius 3 is 2.62 bits per heavy atom. The molecule has 21 heavy (non-hydrogen) atoms. The summed E-state index contributed by atoms with van der Waals surface area (Å²) in [5.74, 6) is -1.60. The van der Waals surface area contributed by atoms with Gasteiger partial charge in [-0.3, -0.25) is 4.79 Å². The van der Waals surface area contributed by atoms with Crippen LogP contribution in [0.25, 0.3) is 0 Å². The molecule has 6 nitrogen and oxygen atoms in total. The molecule has 5 unspecified atom stereocenters. The second-order valence-corrected chi connectivity index (χ2v) is 5.35. The lowest BCUT2D eigenvalue weighted by Gasteiger charge is -2.18. The summed E-state index contributed by atoms with van der Waals surface area (Å²) in [5, 5.41) is 9.86. The standard InChI is InChI=1S/C15H22O6/c1-3-13(19-4-2)21-12(16)8-20-15(18)11-7-9-5-6-10(11)14(9)17/h5-6,9-11,13-14,17H,3-4,7-8H2,1-2H3. The average molecular weight is 298 g/mol. The van der Waals surface area contributed by atoms with Crippen molar-refractivity contribution in [1.29, 1.82) is 0 Å². The van der Waals surface area contributed by atoms with Crippen molar-refractivity contribution in [1.82, 2.24) is 0 Å². The zero-order valence-corrected chi connectivity index (χ0v) is 12.4. The van der Waals surface area contributed by atoms with Crippen LogP contribution in [0.4, 0.5) is 0 Å². The highest BCUT2D eigenvalue weighted by molar-refractivity contribution is 5.78. The summed E-state index contributed by atoms with van der Waals surface area (Å²) in [7, 11) is 0. The van der Waals surface area contributed by atoms with Crippen molar-refractivity contribution in [3.05, 3.63) is 12.2 Å². The van der Waals surface area contributed by atoms with Gasteiger partial charge in [0, 0.05) is 24.9 Å². The van der Waals surface area contributed by atoms with Crippen molar-refractivity contribution in [3.8, 4) is 0 Å². The smallest absolute Gasteiger partial charge is 0.346 e. The minimum absolute atomic E-state index is 0.0296. The molecule has 5 atom stereocenters. The Bertz CT molecular complexity index is 418. The zero-order chi connectivity index (χ0) is 15.4. The molecule has 1 saturated carbocycles. The van der Waals surface area contributed by atoms with E-state index >= 15 is 0 Å². The maximum atomic E-state index is 12.0. The van der Waals surface area contributed by atoms with Crippen LogP contribution in [0.3, 0.4) is 0 Å². The predicted octanol–water partition coefficient (Wildman–Crippen LogP) is 1.03. The number of rotatable bonds is 7. The third-order valence-corrected chi connectivity index (χ3v) is 3.99. The zero-order valence-electron chi connectivity index (χ0n) is 12.4. The van der Waals surface area contributed by atoms with Crippen LogP contribution in [0.5, 0.6) is 0 Å². The van der Waals surface area contributed by atoms with Gasteiger partial charge >= 0.3 is 11.9 Å². The molecule has 0 aromatic carbocycles. The van der Waals surface area contributed by atoms with Gasteiger partial charge in [0.25, 0.3) is 0 Å². The predicted molar refractivity (Wildman–Crippen MR) is 73.0 cm³/mol. The van der Waals surface area contributed by atoms with E-state index in [-0.39, 0.29) is 17.8 Å². The summed E-state index contributed by atoms with van der Waals surface area (Å²) in [6.45, 7) is 3.67. The van der Waals surface area contributed by atoms with E-state index in [9.17, 15) is 14.7 Å². The topological polar surface area (TPSA) is 82.1 Å². The van der Waals surface area contributed by atoms with Crippen LogP contribution in [0.15, 0.2) is 12.2 Å². The van der Waals surface area contributed by atoms with E-state index in [0.717, 1.165) is 0 Å². The van der Waals surface area contributed by atoms with Gasteiger partial charge in [-0.15, -0.1) is 0 Å². The minimum Gasteiger partial charge on any atom is -0.453 e. The summed E-state index contributed by atoms with van der Waals surface area (Å²) in [6.07, 6.45) is 3.79. The fourth-order valence-electron chi connectivity index (χ4n) is 2.92. The Morgan fingerprint density at radius 1 is 1.33 bits per heavy atom. The van der Waals surface area contributed by atoms with Gasteiger partial charge < -0.3 is 19.3 Å². The van der Waals surface area contributed by atoms with Gasteiger partial charge in [-0.05, 0) is 13.3 Å². The van der Waals surface area contributed by atoms with Gasteiger partial charge in [-0.1, -0.05) is 19.1 Å². The van der Waals surface area contributed by atoms with Crippen molar-refractivity contribution in [2.24, 2.45) is 17.8 Å². The van der Waals surface area contributed by atoms with Crippen LogP contribution in [0.1, 0.15) is 26.7 Å². The summed E-state index contributed by atoms with van der Waals surface area (Å²) in [4.78, 5) is 23.5. The molecule has 1 N–H and O–H groups in total. The molecular formula is C15H22O6. The molecule has 0 aromatic rings. The molecular weight excluding hydrogens is 276 g/mol. The maximum absolute atomic E-state index is 12.0. The second-order valence-electron chi connectivity index (χ2n) is 5.35. The first-order valence-corrected chi connectivity index (χ1v) is 7.40. The van der Waals surface area contributed by atoms with Crippen molar-refractivity contribution < 1.29 is 28.9 Å². The van der Waals surface area contributed by atoms with Crippen LogP contribution in [-0.4, -0.2) is 42.7 Å². The summed E-state index contributed by atoms with van der Waals surface area (Å²) in [5.41, 5.74) is 0. The molecule has 0 heterocycles. The van der Waals surface area contributed by atoms with Crippen molar-refractivity contribution in [3.63, 3.8) is 0 Å². The number of aliphatic hydroxyl groups is 1. The lowest BCUT2D eigenvalue weighted by molar-refractivity contribution is -0.186. The monoisotopic (exact) mass is 298 g/mol. The molecule has 2 bridgehead atoms. The largest absolute Gasteiger partial charge is 0.453 e. The van der Waals surface area contributed by atoms with E-state index in [1.54, 1.807) is 0 Å². The van der Waals surface area contributed by atoms with Gasteiger partial charge in [0.2, 0.25) is 6.29 Å². The summed E-state index contributed by atoms with van der Waals surface area (Å²) in [6, 6.07) is 0. The van der Waals surface area contributed by atoms with Crippen LogP contribution in [-0.2, 0) is 23.8 Å². The van der Waals surface area contributed by atoms with E-state index in [4.69, 9.17) is 14.2 Å². The number of esters is 2. The molecule has 0 radical (unpaired) electrons. The van der Waals surface area contributed by atoms with Crippen molar-refractivity contribution in [2.75, 3.05) is 13.2 Å². The number of hydrogen-bond donors (Lipinski definition) is 1. The average Bonchev–Trinajstić information content (AvgIpc) is 2.99. The van der Waals surface area contributed by atoms with E-state index in [0.29, 0.717) is 19.4 Å². The third kappa shape index (κ3) is 3.63. The van der Waals surface area contributed by atoms with Crippen LogP contribution in [0, 0.1) is 17.8 Å². The van der Waals surface area contributed by atoms with Gasteiger partial charge in [-0.25, -0.2) is 4.79 Å². The van der Waals surface area contributed by atoms with E-state index in [1.165, 1.54) is 0 Å². The summed E-state index contributed by atoms with van der Waals surface area (Å²) < 4.78 is 15.2. The normalized spacial score (nSPS) is 31.2. The lowest BCUT2D eigenvalue weighted by Crippen LogP contribution is -2.28. The third-order valence-electron chi connectivity index (χ3n) is 3.99. The number of carbonyl (C=O) groups is 2. The highest BCUT2D eigenvalue weighted by atomic mass is 16.7. The lowest BCUT2D eigenvalue weighted by atomic mass is 9.94. The van der Waals surface area contributed by atoms with Gasteiger partial charge in [0.15, 0.2) is 6.61 Å². The molecule has 6 heteroatoms. The minimum atomic E-state index is -0.622. The molecule has 0 saturated heterocycles.